The molecule has 3 fully saturated rings. The van der Waals surface area contributed by atoms with Crippen LogP contribution >= 0.6 is 0 Å². The molecule has 3 heterocycles. The molecule has 60 heavy (non-hydrogen) atoms. The minimum absolute atomic E-state index is 0.0237. The molecule has 4 N–H and O–H groups in total. The maximum Gasteiger partial charge on any atom is 0.328 e. The summed E-state index contributed by atoms with van der Waals surface area (Å²) < 4.78 is 16.8. The van der Waals surface area contributed by atoms with Gasteiger partial charge >= 0.3 is 5.97 Å². The van der Waals surface area contributed by atoms with E-state index in [1.165, 1.54) is 25.7 Å². The third-order valence-electron chi connectivity index (χ3n) is 11.3. The molecule has 0 unspecified atom stereocenters. The number of hydrogen-bond acceptors (Lipinski definition) is 10. The normalized spacial score (nSPS) is 24.1. The highest BCUT2D eigenvalue weighted by atomic mass is 16.5. The highest BCUT2D eigenvalue weighted by molar-refractivity contribution is 5.95. The summed E-state index contributed by atoms with van der Waals surface area (Å²) in [5.41, 5.74) is 0. The first-order valence-electron chi connectivity index (χ1n) is 22.9. The van der Waals surface area contributed by atoms with Crippen molar-refractivity contribution in [2.75, 3.05) is 52.6 Å². The van der Waals surface area contributed by atoms with Crippen LogP contribution in [0.5, 0.6) is 0 Å². The first-order valence-corrected chi connectivity index (χ1v) is 22.9. The summed E-state index contributed by atoms with van der Waals surface area (Å²) in [5, 5.41) is 11.2. The third-order valence-corrected chi connectivity index (χ3v) is 11.3. The van der Waals surface area contributed by atoms with Crippen LogP contribution in [0.1, 0.15) is 144 Å². The molecule has 0 saturated carbocycles. The standard InChI is InChI=1S/C44H76N6O10/c1-6-7-8-9-10-11-12-13-14-15-33-30-38(51)45-34(16-18-39(52)49-20-24-58-25-21-49)41(54)47-37(29-32(4)5)43(56)48-36(28-31(2)3)42(55)46-35(44(57)60-33)17-19-40(53)50-22-26-59-27-23-50/h31-37H,6-30H2,1-5H3,(H,45,51)(H,46,55)(H,47,54)(H,48,56)/t33-,34+,35+,36-,37+/m1/s1. The molecule has 16 nitrogen and oxygen atoms in total. The summed E-state index contributed by atoms with van der Waals surface area (Å²) in [4.78, 5) is 99.7. The van der Waals surface area contributed by atoms with Gasteiger partial charge in [-0.05, 0) is 50.4 Å². The quantitative estimate of drug-likeness (QED) is 0.104. The molecule has 6 amide bonds. The van der Waals surface area contributed by atoms with Gasteiger partial charge in [0.1, 0.15) is 30.3 Å². The highest BCUT2D eigenvalue weighted by Gasteiger charge is 2.35. The lowest BCUT2D eigenvalue weighted by Gasteiger charge is -2.30. The number of nitrogens with one attached hydrogen (secondary N) is 4. The van der Waals surface area contributed by atoms with Gasteiger partial charge < -0.3 is 45.3 Å². The van der Waals surface area contributed by atoms with E-state index in [4.69, 9.17) is 14.2 Å². The van der Waals surface area contributed by atoms with E-state index in [9.17, 15) is 33.6 Å². The Morgan fingerprint density at radius 3 is 1.45 bits per heavy atom. The van der Waals surface area contributed by atoms with E-state index in [-0.39, 0.29) is 68.6 Å². The van der Waals surface area contributed by atoms with Crippen LogP contribution in [0.25, 0.3) is 0 Å². The molecule has 3 aliphatic rings. The molecule has 0 spiro atoms. The Morgan fingerprint density at radius 2 is 0.983 bits per heavy atom. The molecule has 3 rings (SSSR count). The zero-order chi connectivity index (χ0) is 43.9. The van der Waals surface area contributed by atoms with Gasteiger partial charge in [0.25, 0.3) is 0 Å². The van der Waals surface area contributed by atoms with Gasteiger partial charge in [-0.3, -0.25) is 28.8 Å². The van der Waals surface area contributed by atoms with Crippen molar-refractivity contribution in [1.29, 1.82) is 0 Å². The van der Waals surface area contributed by atoms with E-state index >= 15 is 0 Å². The first kappa shape index (κ1) is 50.6. The number of carbonyl (C=O) groups excluding carboxylic acids is 7. The van der Waals surface area contributed by atoms with Crippen molar-refractivity contribution >= 4 is 41.4 Å². The van der Waals surface area contributed by atoms with Crippen molar-refractivity contribution in [3.8, 4) is 0 Å². The van der Waals surface area contributed by atoms with Crippen LogP contribution in [0, 0.1) is 11.8 Å². The number of unbranched alkanes of at least 4 members (excludes halogenated alkanes) is 8. The number of ether oxygens (including phenoxy) is 3. The molecule has 0 aliphatic carbocycles. The largest absolute Gasteiger partial charge is 0.460 e. The number of hydrogen-bond donors (Lipinski definition) is 4. The molecule has 0 radical (unpaired) electrons. The molecule has 0 aromatic heterocycles. The Kier molecular flexibility index (Phi) is 23.5. The minimum atomic E-state index is -1.24. The van der Waals surface area contributed by atoms with Crippen LogP contribution < -0.4 is 21.3 Å². The number of amides is 6. The smallest absolute Gasteiger partial charge is 0.328 e. The molecular formula is C44H76N6O10. The first-order chi connectivity index (χ1) is 28.8. The number of rotatable bonds is 20. The summed E-state index contributed by atoms with van der Waals surface area (Å²) in [6.45, 7) is 13.2. The molecule has 0 aromatic rings. The second-order valence-electron chi connectivity index (χ2n) is 17.5. The lowest BCUT2D eigenvalue weighted by atomic mass is 9.99. The SMILES string of the molecule is CCCCCCCCCCC[C@@H]1CC(=O)N[C@@H](CCC(=O)N2CCOCC2)C(=O)N[C@@H](CC(C)C)C(=O)N[C@H](CC(C)C)C(=O)N[C@@H](CCC(=O)N2CCOCC2)C(=O)O1. The Hall–Kier alpha value is -3.79. The van der Waals surface area contributed by atoms with Crippen LogP contribution in [0.4, 0.5) is 0 Å². The molecule has 5 atom stereocenters. The number of carbonyl (C=O) groups is 7. The molecule has 342 valence electrons. The summed E-state index contributed by atoms with van der Waals surface area (Å²) in [7, 11) is 0. The fourth-order valence-corrected chi connectivity index (χ4v) is 7.81. The van der Waals surface area contributed by atoms with Crippen molar-refractivity contribution in [2.24, 2.45) is 11.8 Å². The van der Waals surface area contributed by atoms with Gasteiger partial charge in [0.2, 0.25) is 35.4 Å². The van der Waals surface area contributed by atoms with Crippen LogP contribution in [0.2, 0.25) is 0 Å². The zero-order valence-electron chi connectivity index (χ0n) is 37.2. The number of nitrogens with zero attached hydrogens (tertiary/aromatic N) is 2. The highest BCUT2D eigenvalue weighted by Crippen LogP contribution is 2.18. The Bertz CT molecular complexity index is 1370. The Balaban J connectivity index is 1.92. The maximum absolute atomic E-state index is 14.1. The topological polar surface area (TPSA) is 202 Å². The van der Waals surface area contributed by atoms with Gasteiger partial charge in [-0.15, -0.1) is 0 Å². The average molecular weight is 849 g/mol. The third kappa shape index (κ3) is 19.3. The molecular weight excluding hydrogens is 773 g/mol. The maximum atomic E-state index is 14.1. The van der Waals surface area contributed by atoms with Crippen LogP contribution in [-0.4, -0.2) is 134 Å². The molecule has 0 bridgehead atoms. The Morgan fingerprint density at radius 1 is 0.567 bits per heavy atom. The average Bonchev–Trinajstić information content (AvgIpc) is 3.22. The molecule has 3 aliphatic heterocycles. The Labute approximate surface area is 358 Å². The van der Waals surface area contributed by atoms with Crippen LogP contribution in [0.3, 0.4) is 0 Å². The van der Waals surface area contributed by atoms with Crippen LogP contribution in [0.15, 0.2) is 0 Å². The van der Waals surface area contributed by atoms with Crippen molar-refractivity contribution < 1.29 is 47.8 Å². The fourth-order valence-electron chi connectivity index (χ4n) is 7.81. The second kappa shape index (κ2) is 27.9. The predicted octanol–water partition coefficient (Wildman–Crippen LogP) is 3.53. The van der Waals surface area contributed by atoms with Crippen molar-refractivity contribution in [2.45, 2.75) is 174 Å². The van der Waals surface area contributed by atoms with E-state index in [0.29, 0.717) is 65.4 Å². The van der Waals surface area contributed by atoms with Crippen LogP contribution in [-0.2, 0) is 47.8 Å². The summed E-state index contributed by atoms with van der Waals surface area (Å²) >= 11 is 0. The van der Waals surface area contributed by atoms with E-state index in [1.807, 2.05) is 27.7 Å². The lowest BCUT2D eigenvalue weighted by molar-refractivity contribution is -0.155. The number of morpholine rings is 2. The summed E-state index contributed by atoms with van der Waals surface area (Å²) in [5.74, 6) is -3.62. The zero-order valence-corrected chi connectivity index (χ0v) is 37.2. The monoisotopic (exact) mass is 849 g/mol. The van der Waals surface area contributed by atoms with Crippen molar-refractivity contribution in [3.05, 3.63) is 0 Å². The molecule has 3 saturated heterocycles. The van der Waals surface area contributed by atoms with Gasteiger partial charge in [-0.25, -0.2) is 4.79 Å². The van der Waals surface area contributed by atoms with E-state index < -0.39 is 59.9 Å². The van der Waals surface area contributed by atoms with E-state index in [1.54, 1.807) is 9.80 Å². The second-order valence-corrected chi connectivity index (χ2v) is 17.5. The molecule has 16 heteroatoms. The van der Waals surface area contributed by atoms with Gasteiger partial charge in [0.05, 0.1) is 32.8 Å². The van der Waals surface area contributed by atoms with Gasteiger partial charge in [-0.2, -0.15) is 0 Å². The van der Waals surface area contributed by atoms with E-state index in [0.717, 1.165) is 25.7 Å². The van der Waals surface area contributed by atoms with Gasteiger partial charge in [-0.1, -0.05) is 86.0 Å². The minimum Gasteiger partial charge on any atom is -0.460 e. The number of cyclic esters (lactones) is 1. The van der Waals surface area contributed by atoms with E-state index in [2.05, 4.69) is 28.2 Å². The number of esters is 1. The predicted molar refractivity (Wildman–Crippen MR) is 226 cm³/mol. The van der Waals surface area contributed by atoms with Crippen molar-refractivity contribution in [1.82, 2.24) is 31.1 Å². The fraction of sp³-hybridized carbons (Fsp3) is 0.841. The lowest BCUT2D eigenvalue weighted by Crippen LogP contribution is -2.58. The van der Waals surface area contributed by atoms with Crippen molar-refractivity contribution in [3.63, 3.8) is 0 Å². The van der Waals surface area contributed by atoms with Gasteiger partial charge in [0, 0.05) is 39.0 Å². The summed E-state index contributed by atoms with van der Waals surface area (Å²) in [6, 6.07) is -4.54. The van der Waals surface area contributed by atoms with Gasteiger partial charge in [0.15, 0.2) is 0 Å². The molecule has 0 aromatic carbocycles. The summed E-state index contributed by atoms with van der Waals surface area (Å²) in [6.07, 6.45) is 9.19.